The average molecular weight is 255 g/mol. The highest BCUT2D eigenvalue weighted by Crippen LogP contribution is 2.10. The molecule has 0 bridgehead atoms. The number of pyridine rings is 1. The SMILES string of the molecule is Cc1cccc(NC(=O)CCc2cccc(N)c2)n1. The number of nitrogens with two attached hydrogens (primary N) is 1. The third kappa shape index (κ3) is 4.10. The Labute approximate surface area is 112 Å². The van der Waals surface area contributed by atoms with Crippen molar-refractivity contribution in [3.05, 3.63) is 53.7 Å². The quantitative estimate of drug-likeness (QED) is 0.825. The fourth-order valence-electron chi connectivity index (χ4n) is 1.82. The second kappa shape index (κ2) is 6.00. The van der Waals surface area contributed by atoms with Gasteiger partial charge in [0.25, 0.3) is 0 Å². The molecule has 0 aliphatic rings. The molecule has 2 aromatic rings. The molecule has 0 saturated carbocycles. The van der Waals surface area contributed by atoms with E-state index in [-0.39, 0.29) is 5.91 Å². The maximum atomic E-state index is 11.8. The van der Waals surface area contributed by atoms with Gasteiger partial charge in [-0.05, 0) is 43.2 Å². The Kier molecular flexibility index (Phi) is 4.13. The summed E-state index contributed by atoms with van der Waals surface area (Å²) >= 11 is 0. The lowest BCUT2D eigenvalue weighted by atomic mass is 10.1. The van der Waals surface area contributed by atoms with E-state index in [1.54, 1.807) is 6.07 Å². The largest absolute Gasteiger partial charge is 0.399 e. The Morgan fingerprint density at radius 2 is 2.05 bits per heavy atom. The normalized spacial score (nSPS) is 10.2. The molecule has 2 rings (SSSR count). The molecule has 98 valence electrons. The molecule has 0 saturated heterocycles. The highest BCUT2D eigenvalue weighted by Gasteiger charge is 2.04. The summed E-state index contributed by atoms with van der Waals surface area (Å²) in [4.78, 5) is 16.0. The van der Waals surface area contributed by atoms with E-state index in [9.17, 15) is 4.79 Å². The fraction of sp³-hybridized carbons (Fsp3) is 0.200. The molecule has 0 spiro atoms. The molecule has 4 heteroatoms. The lowest BCUT2D eigenvalue weighted by Gasteiger charge is -2.05. The lowest BCUT2D eigenvalue weighted by Crippen LogP contribution is -2.13. The molecule has 4 nitrogen and oxygen atoms in total. The number of anilines is 2. The number of aryl methyl sites for hydroxylation is 2. The predicted octanol–water partition coefficient (Wildman–Crippen LogP) is 2.54. The number of hydrogen-bond donors (Lipinski definition) is 2. The molecule has 0 aliphatic carbocycles. The van der Waals surface area contributed by atoms with Crippen LogP contribution >= 0.6 is 0 Å². The van der Waals surface area contributed by atoms with Crippen molar-refractivity contribution in [1.82, 2.24) is 4.98 Å². The van der Waals surface area contributed by atoms with E-state index in [0.29, 0.717) is 18.7 Å². The van der Waals surface area contributed by atoms with Gasteiger partial charge < -0.3 is 11.1 Å². The van der Waals surface area contributed by atoms with Gasteiger partial charge in [0.05, 0.1) is 0 Å². The van der Waals surface area contributed by atoms with Gasteiger partial charge in [0.2, 0.25) is 5.91 Å². The third-order valence-corrected chi connectivity index (χ3v) is 2.75. The van der Waals surface area contributed by atoms with Gasteiger partial charge in [-0.2, -0.15) is 0 Å². The van der Waals surface area contributed by atoms with Crippen LogP contribution in [0.2, 0.25) is 0 Å². The van der Waals surface area contributed by atoms with E-state index in [1.165, 1.54) is 0 Å². The van der Waals surface area contributed by atoms with E-state index in [0.717, 1.165) is 16.9 Å². The van der Waals surface area contributed by atoms with Crippen LogP contribution in [0.4, 0.5) is 11.5 Å². The van der Waals surface area contributed by atoms with Crippen LogP contribution in [0.3, 0.4) is 0 Å². The first-order valence-corrected chi connectivity index (χ1v) is 6.21. The van der Waals surface area contributed by atoms with Crippen LogP contribution in [-0.4, -0.2) is 10.9 Å². The minimum absolute atomic E-state index is 0.0412. The average Bonchev–Trinajstić information content (AvgIpc) is 2.36. The number of benzene rings is 1. The summed E-state index contributed by atoms with van der Waals surface area (Å²) in [6, 6.07) is 13.1. The molecule has 3 N–H and O–H groups in total. The number of nitrogen functional groups attached to an aromatic ring is 1. The number of rotatable bonds is 4. The van der Waals surface area contributed by atoms with Crippen LogP contribution in [0.15, 0.2) is 42.5 Å². The summed E-state index contributed by atoms with van der Waals surface area (Å²) in [7, 11) is 0. The molecular weight excluding hydrogens is 238 g/mol. The fourth-order valence-corrected chi connectivity index (χ4v) is 1.82. The number of nitrogens with zero attached hydrogens (tertiary/aromatic N) is 1. The zero-order valence-electron chi connectivity index (χ0n) is 10.9. The summed E-state index contributed by atoms with van der Waals surface area (Å²) in [6.45, 7) is 1.89. The van der Waals surface area contributed by atoms with Crippen LogP contribution in [0, 0.1) is 6.92 Å². The topological polar surface area (TPSA) is 68.0 Å². The van der Waals surface area contributed by atoms with Crippen LogP contribution < -0.4 is 11.1 Å². The zero-order valence-corrected chi connectivity index (χ0v) is 10.9. The molecule has 0 atom stereocenters. The van der Waals surface area contributed by atoms with E-state index < -0.39 is 0 Å². The maximum absolute atomic E-state index is 11.8. The molecular formula is C15H17N3O. The van der Waals surface area contributed by atoms with Crippen LogP contribution in [0.25, 0.3) is 0 Å². The Bertz CT molecular complexity index is 581. The van der Waals surface area contributed by atoms with Crippen molar-refractivity contribution < 1.29 is 4.79 Å². The number of carbonyl (C=O) groups excluding carboxylic acids is 1. The highest BCUT2D eigenvalue weighted by molar-refractivity contribution is 5.89. The second-order valence-corrected chi connectivity index (χ2v) is 4.46. The zero-order chi connectivity index (χ0) is 13.7. The Morgan fingerprint density at radius 1 is 1.26 bits per heavy atom. The first kappa shape index (κ1) is 13.1. The maximum Gasteiger partial charge on any atom is 0.225 e. The predicted molar refractivity (Wildman–Crippen MR) is 76.8 cm³/mol. The van der Waals surface area contributed by atoms with Gasteiger partial charge in [-0.3, -0.25) is 4.79 Å². The Hall–Kier alpha value is -2.36. The van der Waals surface area contributed by atoms with Crippen LogP contribution in [0.1, 0.15) is 17.7 Å². The summed E-state index contributed by atoms with van der Waals surface area (Å²) in [6.07, 6.45) is 1.09. The molecule has 0 fully saturated rings. The van der Waals surface area contributed by atoms with Gasteiger partial charge in [-0.15, -0.1) is 0 Å². The van der Waals surface area contributed by atoms with Crippen LogP contribution in [0.5, 0.6) is 0 Å². The van der Waals surface area contributed by atoms with Crippen molar-refractivity contribution >= 4 is 17.4 Å². The molecule has 0 aliphatic heterocycles. The summed E-state index contributed by atoms with van der Waals surface area (Å²) in [5.74, 6) is 0.554. The smallest absolute Gasteiger partial charge is 0.225 e. The summed E-state index contributed by atoms with van der Waals surface area (Å²) in [5.41, 5.74) is 8.36. The monoisotopic (exact) mass is 255 g/mol. The molecule has 1 heterocycles. The first-order chi connectivity index (χ1) is 9.13. The van der Waals surface area contributed by atoms with Crippen molar-refractivity contribution in [2.24, 2.45) is 0 Å². The number of aromatic nitrogens is 1. The van der Waals surface area contributed by atoms with Gasteiger partial charge in [0, 0.05) is 17.8 Å². The van der Waals surface area contributed by atoms with Gasteiger partial charge >= 0.3 is 0 Å². The van der Waals surface area contributed by atoms with Gasteiger partial charge in [0.1, 0.15) is 5.82 Å². The molecule has 1 aromatic heterocycles. The molecule has 0 radical (unpaired) electrons. The number of nitrogens with one attached hydrogen (secondary N) is 1. The van der Waals surface area contributed by atoms with Crippen molar-refractivity contribution in [2.75, 3.05) is 11.1 Å². The Morgan fingerprint density at radius 3 is 2.79 bits per heavy atom. The minimum atomic E-state index is -0.0412. The van der Waals surface area contributed by atoms with Crippen molar-refractivity contribution in [2.45, 2.75) is 19.8 Å². The van der Waals surface area contributed by atoms with Crippen molar-refractivity contribution in [1.29, 1.82) is 0 Å². The lowest BCUT2D eigenvalue weighted by molar-refractivity contribution is -0.116. The molecule has 19 heavy (non-hydrogen) atoms. The van der Waals surface area contributed by atoms with E-state index in [1.807, 2.05) is 43.3 Å². The third-order valence-electron chi connectivity index (χ3n) is 2.75. The van der Waals surface area contributed by atoms with E-state index >= 15 is 0 Å². The summed E-state index contributed by atoms with van der Waals surface area (Å²) < 4.78 is 0. The number of amides is 1. The van der Waals surface area contributed by atoms with Crippen molar-refractivity contribution in [3.63, 3.8) is 0 Å². The van der Waals surface area contributed by atoms with Gasteiger partial charge in [-0.1, -0.05) is 18.2 Å². The van der Waals surface area contributed by atoms with E-state index in [2.05, 4.69) is 10.3 Å². The van der Waals surface area contributed by atoms with Crippen molar-refractivity contribution in [3.8, 4) is 0 Å². The number of hydrogen-bond acceptors (Lipinski definition) is 3. The van der Waals surface area contributed by atoms with Gasteiger partial charge in [-0.25, -0.2) is 4.98 Å². The molecule has 1 aromatic carbocycles. The van der Waals surface area contributed by atoms with Gasteiger partial charge in [0.15, 0.2) is 0 Å². The second-order valence-electron chi connectivity index (χ2n) is 4.46. The molecule has 1 amide bonds. The van der Waals surface area contributed by atoms with Crippen LogP contribution in [-0.2, 0) is 11.2 Å². The molecule has 0 unspecified atom stereocenters. The Balaban J connectivity index is 1.88. The highest BCUT2D eigenvalue weighted by atomic mass is 16.1. The first-order valence-electron chi connectivity index (χ1n) is 6.21. The number of carbonyl (C=O) groups is 1. The minimum Gasteiger partial charge on any atom is -0.399 e. The summed E-state index contributed by atoms with van der Waals surface area (Å²) in [5, 5.41) is 2.79. The van der Waals surface area contributed by atoms with E-state index in [4.69, 9.17) is 5.73 Å². The standard InChI is InChI=1S/C15H17N3O/c1-11-4-2-7-14(17-11)18-15(19)9-8-12-5-3-6-13(16)10-12/h2-7,10H,8-9,16H2,1H3,(H,17,18,19).